The van der Waals surface area contributed by atoms with E-state index in [2.05, 4.69) is 24.4 Å². The molecule has 1 unspecified atom stereocenters. The van der Waals surface area contributed by atoms with Crippen molar-refractivity contribution >= 4 is 5.78 Å². The molecule has 2 nitrogen and oxygen atoms in total. The maximum absolute atomic E-state index is 11.9. The van der Waals surface area contributed by atoms with Crippen LogP contribution in [-0.4, -0.2) is 19.4 Å². The second-order valence-electron chi connectivity index (χ2n) is 4.81. The summed E-state index contributed by atoms with van der Waals surface area (Å²) in [5, 5.41) is 3.14. The lowest BCUT2D eigenvalue weighted by Gasteiger charge is -2.27. The lowest BCUT2D eigenvalue weighted by atomic mass is 9.75. The van der Waals surface area contributed by atoms with Gasteiger partial charge < -0.3 is 5.32 Å². The number of carbonyl (C=O) groups excluding carboxylic acids is 1. The molecular formula is C15H23NO. The van der Waals surface area contributed by atoms with Gasteiger partial charge in [-0.15, -0.1) is 0 Å². The molecule has 0 aromatic heterocycles. The van der Waals surface area contributed by atoms with Gasteiger partial charge in [-0.05, 0) is 45.8 Å². The number of benzene rings is 1. The number of nitrogens with one attached hydrogen (secondary N) is 1. The molecule has 0 spiro atoms. The second kappa shape index (κ2) is 6.55. The predicted molar refractivity (Wildman–Crippen MR) is 72.3 cm³/mol. The van der Waals surface area contributed by atoms with E-state index < -0.39 is 0 Å². The first-order chi connectivity index (χ1) is 8.11. The number of hydrogen-bond acceptors (Lipinski definition) is 2. The molecule has 1 N–H and O–H groups in total. The van der Waals surface area contributed by atoms with Crippen LogP contribution in [0.25, 0.3) is 0 Å². The van der Waals surface area contributed by atoms with Crippen molar-refractivity contribution in [2.75, 3.05) is 13.6 Å². The zero-order chi connectivity index (χ0) is 12.7. The molecule has 0 aliphatic carbocycles. The van der Waals surface area contributed by atoms with Crippen LogP contribution in [0.1, 0.15) is 38.7 Å². The van der Waals surface area contributed by atoms with Crippen molar-refractivity contribution in [3.8, 4) is 0 Å². The lowest BCUT2D eigenvalue weighted by Crippen LogP contribution is -2.30. The number of carbonyl (C=O) groups is 1. The molecule has 2 heteroatoms. The molecule has 0 radical (unpaired) electrons. The summed E-state index contributed by atoms with van der Waals surface area (Å²) in [4.78, 5) is 11.9. The van der Waals surface area contributed by atoms with E-state index in [9.17, 15) is 4.79 Å². The Hall–Kier alpha value is -1.15. The second-order valence-corrected chi connectivity index (χ2v) is 4.81. The maximum Gasteiger partial charge on any atom is 0.140 e. The van der Waals surface area contributed by atoms with E-state index in [4.69, 9.17) is 0 Å². The average molecular weight is 233 g/mol. The quantitative estimate of drug-likeness (QED) is 0.734. The summed E-state index contributed by atoms with van der Waals surface area (Å²) in [6.45, 7) is 4.78. The number of Topliss-reactive ketones (excluding diaryl/α,β-unsaturated/α-hetero) is 1. The van der Waals surface area contributed by atoms with Crippen LogP contribution in [0.3, 0.4) is 0 Å². The van der Waals surface area contributed by atoms with Crippen LogP contribution in [0.5, 0.6) is 0 Å². The minimum Gasteiger partial charge on any atom is -0.320 e. The molecule has 0 bridgehead atoms. The third kappa shape index (κ3) is 3.67. The minimum absolute atomic E-state index is 0.258. The molecule has 0 fully saturated rings. The van der Waals surface area contributed by atoms with E-state index in [1.165, 1.54) is 0 Å². The number of ketones is 1. The maximum atomic E-state index is 11.9. The van der Waals surface area contributed by atoms with Gasteiger partial charge in [0.05, 0.1) is 5.41 Å². The molecule has 0 aliphatic rings. The number of hydrogen-bond donors (Lipinski definition) is 1. The van der Waals surface area contributed by atoms with Crippen molar-refractivity contribution in [3.05, 3.63) is 35.9 Å². The summed E-state index contributed by atoms with van der Waals surface area (Å²) in [6.07, 6.45) is 3.12. The summed E-state index contributed by atoms with van der Waals surface area (Å²) < 4.78 is 0. The van der Waals surface area contributed by atoms with Crippen molar-refractivity contribution < 1.29 is 4.79 Å². The van der Waals surface area contributed by atoms with Gasteiger partial charge >= 0.3 is 0 Å². The van der Waals surface area contributed by atoms with Crippen LogP contribution in [0.15, 0.2) is 30.3 Å². The zero-order valence-electron chi connectivity index (χ0n) is 11.1. The monoisotopic (exact) mass is 233 g/mol. The molecule has 1 aromatic rings. The topological polar surface area (TPSA) is 29.1 Å². The molecule has 0 heterocycles. The summed E-state index contributed by atoms with van der Waals surface area (Å²) in [5.74, 6) is 0.258. The van der Waals surface area contributed by atoms with Gasteiger partial charge in [-0.2, -0.15) is 0 Å². The predicted octanol–water partition coefficient (Wildman–Crippen LogP) is 2.92. The van der Waals surface area contributed by atoms with E-state index in [-0.39, 0.29) is 11.2 Å². The van der Waals surface area contributed by atoms with Gasteiger partial charge in [0.2, 0.25) is 0 Å². The normalized spacial score (nSPS) is 14.3. The molecule has 1 atom stereocenters. The Morgan fingerprint density at radius 1 is 1.24 bits per heavy atom. The van der Waals surface area contributed by atoms with Gasteiger partial charge in [-0.25, -0.2) is 0 Å². The Balaban J connectivity index is 2.73. The van der Waals surface area contributed by atoms with Crippen molar-refractivity contribution in [1.82, 2.24) is 5.32 Å². The minimum atomic E-state index is -0.324. The van der Waals surface area contributed by atoms with Crippen molar-refractivity contribution in [3.63, 3.8) is 0 Å². The molecule has 0 amide bonds. The molecular weight excluding hydrogens is 210 g/mol. The summed E-state index contributed by atoms with van der Waals surface area (Å²) in [5.41, 5.74) is 0.812. The van der Waals surface area contributed by atoms with E-state index >= 15 is 0 Å². The van der Waals surface area contributed by atoms with Gasteiger partial charge in [0, 0.05) is 0 Å². The standard InChI is InChI=1S/C15H23NO/c1-13(17)15(2,11-7-8-12-16-3)14-9-5-4-6-10-14/h4-6,9-10,16H,7-8,11-12H2,1-3H3. The highest BCUT2D eigenvalue weighted by Crippen LogP contribution is 2.30. The largest absolute Gasteiger partial charge is 0.320 e. The smallest absolute Gasteiger partial charge is 0.140 e. The lowest BCUT2D eigenvalue weighted by molar-refractivity contribution is -0.122. The van der Waals surface area contributed by atoms with Gasteiger partial charge in [-0.3, -0.25) is 4.79 Å². The fraction of sp³-hybridized carbons (Fsp3) is 0.533. The van der Waals surface area contributed by atoms with Gasteiger partial charge in [0.25, 0.3) is 0 Å². The van der Waals surface area contributed by atoms with Crippen molar-refractivity contribution in [1.29, 1.82) is 0 Å². The van der Waals surface area contributed by atoms with E-state index in [1.807, 2.05) is 25.2 Å². The fourth-order valence-electron chi connectivity index (χ4n) is 2.11. The van der Waals surface area contributed by atoms with Crippen molar-refractivity contribution in [2.45, 2.75) is 38.5 Å². The fourth-order valence-corrected chi connectivity index (χ4v) is 2.11. The molecule has 17 heavy (non-hydrogen) atoms. The SMILES string of the molecule is CNCCCCC(C)(C(C)=O)c1ccccc1. The summed E-state index contributed by atoms with van der Waals surface area (Å²) >= 11 is 0. The molecule has 0 aliphatic heterocycles. The van der Waals surface area contributed by atoms with E-state index in [1.54, 1.807) is 6.92 Å². The molecule has 1 aromatic carbocycles. The Labute approximate surface area is 104 Å². The highest BCUT2D eigenvalue weighted by atomic mass is 16.1. The number of unbranched alkanes of at least 4 members (excludes halogenated alkanes) is 1. The number of rotatable bonds is 7. The van der Waals surface area contributed by atoms with E-state index in [0.717, 1.165) is 31.4 Å². The summed E-state index contributed by atoms with van der Waals surface area (Å²) in [6, 6.07) is 10.1. The van der Waals surface area contributed by atoms with Crippen LogP contribution in [0.2, 0.25) is 0 Å². The molecule has 1 rings (SSSR count). The van der Waals surface area contributed by atoms with Crippen LogP contribution in [0, 0.1) is 0 Å². The zero-order valence-corrected chi connectivity index (χ0v) is 11.1. The first-order valence-electron chi connectivity index (χ1n) is 6.32. The first kappa shape index (κ1) is 13.9. The van der Waals surface area contributed by atoms with Crippen LogP contribution in [0.4, 0.5) is 0 Å². The van der Waals surface area contributed by atoms with Gasteiger partial charge in [-0.1, -0.05) is 36.8 Å². The summed E-state index contributed by atoms with van der Waals surface area (Å²) in [7, 11) is 1.96. The molecule has 94 valence electrons. The van der Waals surface area contributed by atoms with Gasteiger partial charge in [0.15, 0.2) is 0 Å². The Morgan fingerprint density at radius 2 is 1.88 bits per heavy atom. The first-order valence-corrected chi connectivity index (χ1v) is 6.32. The Bertz CT molecular complexity index is 347. The van der Waals surface area contributed by atoms with Crippen LogP contribution in [-0.2, 0) is 10.2 Å². The van der Waals surface area contributed by atoms with Crippen LogP contribution < -0.4 is 5.32 Å². The Kier molecular flexibility index (Phi) is 5.36. The van der Waals surface area contributed by atoms with Gasteiger partial charge in [0.1, 0.15) is 5.78 Å². The van der Waals surface area contributed by atoms with Crippen LogP contribution >= 0.6 is 0 Å². The molecule has 0 saturated carbocycles. The van der Waals surface area contributed by atoms with Crippen molar-refractivity contribution in [2.24, 2.45) is 0 Å². The van der Waals surface area contributed by atoms with E-state index in [0.29, 0.717) is 0 Å². The Morgan fingerprint density at radius 3 is 2.41 bits per heavy atom. The third-order valence-corrected chi connectivity index (χ3v) is 3.54. The molecule has 0 saturated heterocycles. The third-order valence-electron chi connectivity index (χ3n) is 3.54. The average Bonchev–Trinajstić information content (AvgIpc) is 2.35. The highest BCUT2D eigenvalue weighted by Gasteiger charge is 2.30. The highest BCUT2D eigenvalue weighted by molar-refractivity contribution is 5.87.